The summed E-state index contributed by atoms with van der Waals surface area (Å²) in [6, 6.07) is 0. The zero-order valence-electron chi connectivity index (χ0n) is 50.5. The third kappa shape index (κ3) is 16.2. The van der Waals surface area contributed by atoms with Gasteiger partial charge in [-0.25, -0.2) is 9.59 Å². The minimum atomic E-state index is -1.07. The van der Waals surface area contributed by atoms with Crippen LogP contribution in [0.15, 0.2) is 0 Å². The molecule has 0 radical (unpaired) electrons. The maximum atomic E-state index is 12.4. The van der Waals surface area contributed by atoms with Crippen LogP contribution in [0, 0.1) is 74.9 Å². The molecule has 11 aliphatic rings. The summed E-state index contributed by atoms with van der Waals surface area (Å²) in [5.41, 5.74) is -2.10. The first-order valence-corrected chi connectivity index (χ1v) is 29.4. The fraction of sp³-hybridized carbons (Fsp3) is 0.864. The van der Waals surface area contributed by atoms with Gasteiger partial charge in [0.05, 0.1) is 60.2 Å². The molecule has 0 aromatic heterocycles. The Morgan fingerprint density at radius 2 is 1.00 bits per heavy atom. The second kappa shape index (κ2) is 30.7. The average molecular weight is 1240 g/mol. The second-order valence-corrected chi connectivity index (χ2v) is 26.7. The van der Waals surface area contributed by atoms with Crippen molar-refractivity contribution < 1.29 is 100.0 Å². The molecule has 0 N–H and O–H groups in total. The molecule has 87 heavy (non-hydrogen) atoms. The molecule has 21 heteroatoms. The van der Waals surface area contributed by atoms with Gasteiger partial charge in [0, 0.05) is 23.7 Å². The van der Waals surface area contributed by atoms with Crippen LogP contribution in [-0.4, -0.2) is 135 Å². The number of hydrogen-bond donors (Lipinski definition) is 0. The highest BCUT2D eigenvalue weighted by atomic mass is 16.9. The maximum Gasteiger partial charge on any atom is 0.350 e. The third-order valence-corrected chi connectivity index (χ3v) is 19.6. The van der Waals surface area contributed by atoms with Crippen LogP contribution in [0.3, 0.4) is 0 Å². The minimum Gasteiger partial charge on any atom is -0.469 e. The van der Waals surface area contributed by atoms with Crippen LogP contribution in [0.4, 0.5) is 0 Å². The average Bonchev–Trinajstić information content (AvgIpc) is 1.61. The molecule has 18 atom stereocenters. The third-order valence-electron chi connectivity index (χ3n) is 19.6. The van der Waals surface area contributed by atoms with Gasteiger partial charge in [-0.1, -0.05) is 72.3 Å². The van der Waals surface area contributed by atoms with Gasteiger partial charge in [-0.3, -0.25) is 33.6 Å². The van der Waals surface area contributed by atoms with E-state index in [1.165, 1.54) is 33.5 Å². The second-order valence-electron chi connectivity index (χ2n) is 26.7. The molecule has 11 fully saturated rings. The van der Waals surface area contributed by atoms with Gasteiger partial charge in [0.1, 0.15) is 24.4 Å². The standard InChI is InChI=1S/C16H22O6.C15H22O7.C13H20O4.C9H12O2.C7H14O2.6CH4/c1-5-16(2,3)15(19)22-12-7-6-8-10(9(7)13(17)20-4)14(18)21-11(8)12;1-6-14(2,3)13(17)20-9-7-8(18-11(9)16)10-12(19-7)22-15(4,5)21-10;1-4-13(2,3)12(15)17-10-8-6-5-7-9(8)16-11(10)14;10-9-8-6-2-1-5(3-6)7(8)4-11-9;1-5-7(2,3)6(8)9-4;;;;;;/h7-12H,5-6H2,1-4H3;7-10,12H,6H2,1-5H3;8-10H,4-7H2,1-3H3;5-8H,1-4H2;5H2,1-4H3;6*1H4. The highest BCUT2D eigenvalue weighted by Crippen LogP contribution is 2.59. The van der Waals surface area contributed by atoms with Crippen LogP contribution < -0.4 is 0 Å². The zero-order valence-corrected chi connectivity index (χ0v) is 50.5. The highest BCUT2D eigenvalue weighted by Gasteiger charge is 2.70. The van der Waals surface area contributed by atoms with Crippen molar-refractivity contribution in [3.8, 4) is 0 Å². The molecule has 5 saturated carbocycles. The number of carbonyl (C=O) groups excluding carboxylic acids is 9. The molecular formula is C66H114O21. The Kier molecular flexibility index (Phi) is 28.3. The lowest BCUT2D eigenvalue weighted by Crippen LogP contribution is -2.45. The summed E-state index contributed by atoms with van der Waals surface area (Å²) in [6.45, 7) is 26.6. The molecule has 18 unspecified atom stereocenters. The van der Waals surface area contributed by atoms with E-state index in [2.05, 4.69) is 4.74 Å². The van der Waals surface area contributed by atoms with Crippen molar-refractivity contribution >= 4 is 53.7 Å². The number of ether oxygens (including phenoxy) is 12. The molecule has 0 amide bonds. The molecule has 5 aliphatic carbocycles. The lowest BCUT2D eigenvalue weighted by molar-refractivity contribution is -0.217. The van der Waals surface area contributed by atoms with E-state index >= 15 is 0 Å². The van der Waals surface area contributed by atoms with Crippen LogP contribution in [0.1, 0.15) is 212 Å². The van der Waals surface area contributed by atoms with Crippen molar-refractivity contribution in [2.75, 3.05) is 20.8 Å². The number of methoxy groups -OCH3 is 2. The van der Waals surface area contributed by atoms with Crippen LogP contribution in [-0.2, 0) is 100.0 Å². The Balaban J connectivity index is 0.000000552. The van der Waals surface area contributed by atoms with Gasteiger partial charge in [-0.05, 0) is 152 Å². The summed E-state index contributed by atoms with van der Waals surface area (Å²) in [6.07, 6.45) is 5.17. The van der Waals surface area contributed by atoms with Crippen molar-refractivity contribution in [1.29, 1.82) is 0 Å². The predicted molar refractivity (Wildman–Crippen MR) is 323 cm³/mol. The number of carbonyl (C=O) groups is 9. The SMILES string of the molecule is C.C.C.C.C.C.CCC(C)(C)C(=O)OC.CCC(C)(C)C(=O)OC1C(=O)OC2C3OC(C)(C)OC3OC12.CCC(C)(C)C(=O)OC1C(=O)OC2CCCC21.CCC(C)(C)C(=O)OC1C2CC3C1OC(=O)C3C2C(=O)OC.O=C1OCC2C3CCC(C3)C12. The van der Waals surface area contributed by atoms with Crippen molar-refractivity contribution in [1.82, 2.24) is 0 Å². The number of esters is 9. The number of fused-ring (bicyclic) bond motifs is 10. The Bertz CT molecular complexity index is 2390. The van der Waals surface area contributed by atoms with E-state index in [1.807, 2.05) is 69.2 Å². The van der Waals surface area contributed by atoms with Crippen LogP contribution >= 0.6 is 0 Å². The van der Waals surface area contributed by atoms with Gasteiger partial charge in [-0.2, -0.15) is 0 Å². The van der Waals surface area contributed by atoms with Crippen molar-refractivity contribution in [3.63, 3.8) is 0 Å². The molecule has 6 aliphatic heterocycles. The summed E-state index contributed by atoms with van der Waals surface area (Å²) in [7, 11) is 2.73. The highest BCUT2D eigenvalue weighted by molar-refractivity contribution is 5.87. The fourth-order valence-corrected chi connectivity index (χ4v) is 12.9. The van der Waals surface area contributed by atoms with Crippen LogP contribution in [0.2, 0.25) is 0 Å². The Hall–Kier alpha value is -4.89. The van der Waals surface area contributed by atoms with E-state index in [4.69, 9.17) is 52.1 Å². The molecule has 11 rings (SSSR count). The van der Waals surface area contributed by atoms with Gasteiger partial charge in [0.25, 0.3) is 0 Å². The molecule has 0 aromatic rings. The van der Waals surface area contributed by atoms with Crippen molar-refractivity contribution in [2.24, 2.45) is 74.9 Å². The van der Waals surface area contributed by atoms with Gasteiger partial charge in [0.15, 0.2) is 24.3 Å². The zero-order chi connectivity index (χ0) is 60.1. The number of cyclic esters (lactones) is 1. The predicted octanol–water partition coefficient (Wildman–Crippen LogP) is 11.1. The molecule has 6 saturated heterocycles. The topological polar surface area (TPSA) is 264 Å². The maximum absolute atomic E-state index is 12.4. The summed E-state index contributed by atoms with van der Waals surface area (Å²) >= 11 is 0. The quantitative estimate of drug-likeness (QED) is 0.130. The molecule has 0 spiro atoms. The van der Waals surface area contributed by atoms with Crippen LogP contribution in [0.5, 0.6) is 0 Å². The van der Waals surface area contributed by atoms with Gasteiger partial charge in [-0.15, -0.1) is 0 Å². The first-order chi connectivity index (χ1) is 37.8. The molecule has 4 bridgehead atoms. The summed E-state index contributed by atoms with van der Waals surface area (Å²) in [5, 5.41) is 0. The van der Waals surface area contributed by atoms with Gasteiger partial charge < -0.3 is 56.8 Å². The minimum absolute atomic E-state index is 0. The Morgan fingerprint density at radius 1 is 0.494 bits per heavy atom. The fourth-order valence-electron chi connectivity index (χ4n) is 12.9. The Morgan fingerprint density at radius 3 is 1.52 bits per heavy atom. The van der Waals surface area contributed by atoms with E-state index in [0.717, 1.165) is 38.2 Å². The van der Waals surface area contributed by atoms with E-state index < -0.39 is 101 Å². The lowest BCUT2D eigenvalue weighted by atomic mass is 9.78. The smallest absolute Gasteiger partial charge is 0.350 e. The van der Waals surface area contributed by atoms with E-state index in [0.29, 0.717) is 43.4 Å². The van der Waals surface area contributed by atoms with E-state index in [9.17, 15) is 43.2 Å². The van der Waals surface area contributed by atoms with Crippen LogP contribution in [0.25, 0.3) is 0 Å². The van der Waals surface area contributed by atoms with Crippen molar-refractivity contribution in [2.45, 2.75) is 273 Å². The largest absolute Gasteiger partial charge is 0.469 e. The number of hydrogen-bond acceptors (Lipinski definition) is 21. The van der Waals surface area contributed by atoms with E-state index in [1.54, 1.807) is 27.7 Å². The number of rotatable bonds is 12. The lowest BCUT2D eigenvalue weighted by Gasteiger charge is -2.32. The Labute approximate surface area is 520 Å². The first-order valence-electron chi connectivity index (χ1n) is 29.4. The van der Waals surface area contributed by atoms with E-state index in [-0.39, 0.29) is 110 Å². The normalized spacial score (nSPS) is 33.9. The molecule has 6 heterocycles. The van der Waals surface area contributed by atoms with Gasteiger partial charge in [0.2, 0.25) is 12.2 Å². The van der Waals surface area contributed by atoms with Crippen molar-refractivity contribution in [3.05, 3.63) is 0 Å². The molecule has 0 aromatic carbocycles. The first kappa shape index (κ1) is 80.1. The summed E-state index contributed by atoms with van der Waals surface area (Å²) in [5.74, 6) is -2.27. The molecule has 21 nitrogen and oxygen atoms in total. The van der Waals surface area contributed by atoms with Gasteiger partial charge >= 0.3 is 53.7 Å². The summed E-state index contributed by atoms with van der Waals surface area (Å²) in [4.78, 5) is 106. The molecular weight excluding hydrogens is 1130 g/mol. The molecule has 504 valence electrons. The summed E-state index contributed by atoms with van der Waals surface area (Å²) < 4.78 is 63.9. The monoisotopic (exact) mass is 1240 g/mol.